The lowest BCUT2D eigenvalue weighted by Crippen LogP contribution is -2.34. The largest absolute Gasteiger partial charge is 0.497 e. The number of halogens is 1. The first kappa shape index (κ1) is 17.6. The van der Waals surface area contributed by atoms with E-state index in [0.717, 1.165) is 25.7 Å². The van der Waals surface area contributed by atoms with E-state index in [1.807, 2.05) is 0 Å². The third-order valence-electron chi connectivity index (χ3n) is 3.75. The fourth-order valence-corrected chi connectivity index (χ4v) is 2.61. The number of rotatable bonds is 4. The van der Waals surface area contributed by atoms with E-state index in [1.54, 1.807) is 32.4 Å². The maximum atomic E-state index is 12.3. The molecule has 1 aromatic rings. The Balaban J connectivity index is 0.00000220. The zero-order chi connectivity index (χ0) is 14.5. The van der Waals surface area contributed by atoms with Crippen LogP contribution in [0.4, 0.5) is 5.69 Å². The van der Waals surface area contributed by atoms with Crippen molar-refractivity contribution in [3.8, 4) is 11.5 Å². The molecule has 0 spiro atoms. The SMILES string of the molecule is COc1ccc(OC)c(NC(=O)C2CCCC(N)C2)c1.Cl. The second kappa shape index (κ2) is 8.10. The Morgan fingerprint density at radius 3 is 2.67 bits per heavy atom. The summed E-state index contributed by atoms with van der Waals surface area (Å²) in [5.41, 5.74) is 6.57. The minimum Gasteiger partial charge on any atom is -0.497 e. The Morgan fingerprint density at radius 1 is 1.29 bits per heavy atom. The van der Waals surface area contributed by atoms with E-state index in [2.05, 4.69) is 5.32 Å². The van der Waals surface area contributed by atoms with Gasteiger partial charge in [0.05, 0.1) is 19.9 Å². The molecule has 3 N–H and O–H groups in total. The number of carbonyl (C=O) groups excluding carboxylic acids is 1. The van der Waals surface area contributed by atoms with Gasteiger partial charge in [0.15, 0.2) is 0 Å². The average Bonchev–Trinajstić information content (AvgIpc) is 2.47. The van der Waals surface area contributed by atoms with Crippen molar-refractivity contribution in [1.82, 2.24) is 0 Å². The molecule has 0 bridgehead atoms. The normalized spacial score (nSPS) is 21.1. The maximum Gasteiger partial charge on any atom is 0.227 e. The molecule has 0 aromatic heterocycles. The standard InChI is InChI=1S/C15H22N2O3.ClH/c1-19-12-6-7-14(20-2)13(9-12)17-15(18)10-4-3-5-11(16)8-10;/h6-7,9-11H,3-5,8,16H2,1-2H3,(H,17,18);1H. The van der Waals surface area contributed by atoms with Gasteiger partial charge < -0.3 is 20.5 Å². The first-order chi connectivity index (χ1) is 9.63. The van der Waals surface area contributed by atoms with Crippen molar-refractivity contribution >= 4 is 24.0 Å². The van der Waals surface area contributed by atoms with Crippen molar-refractivity contribution in [2.24, 2.45) is 11.7 Å². The summed E-state index contributed by atoms with van der Waals surface area (Å²) < 4.78 is 10.4. The highest BCUT2D eigenvalue weighted by atomic mass is 35.5. The van der Waals surface area contributed by atoms with Crippen LogP contribution in [0, 0.1) is 5.92 Å². The summed E-state index contributed by atoms with van der Waals surface area (Å²) in [5, 5.41) is 2.93. The van der Waals surface area contributed by atoms with Gasteiger partial charge >= 0.3 is 0 Å². The van der Waals surface area contributed by atoms with Gasteiger partial charge in [-0.3, -0.25) is 4.79 Å². The molecule has 1 aliphatic carbocycles. The minimum atomic E-state index is -0.0188. The summed E-state index contributed by atoms with van der Waals surface area (Å²) in [5.74, 6) is 1.29. The van der Waals surface area contributed by atoms with Crippen LogP contribution >= 0.6 is 12.4 Å². The van der Waals surface area contributed by atoms with Crippen molar-refractivity contribution in [3.05, 3.63) is 18.2 Å². The van der Waals surface area contributed by atoms with E-state index in [1.165, 1.54) is 0 Å². The van der Waals surface area contributed by atoms with Crippen LogP contribution in [0.3, 0.4) is 0 Å². The van der Waals surface area contributed by atoms with Crippen LogP contribution < -0.4 is 20.5 Å². The van der Waals surface area contributed by atoms with Crippen molar-refractivity contribution in [2.75, 3.05) is 19.5 Å². The Bertz CT molecular complexity index is 482. The van der Waals surface area contributed by atoms with E-state index >= 15 is 0 Å². The Labute approximate surface area is 131 Å². The van der Waals surface area contributed by atoms with Gasteiger partial charge in [-0.1, -0.05) is 6.42 Å². The van der Waals surface area contributed by atoms with Crippen LogP contribution in [0.2, 0.25) is 0 Å². The molecule has 0 saturated heterocycles. The predicted molar refractivity (Wildman–Crippen MR) is 85.4 cm³/mol. The van der Waals surface area contributed by atoms with Crippen LogP contribution in [0.25, 0.3) is 0 Å². The Kier molecular flexibility index (Phi) is 6.78. The first-order valence-corrected chi connectivity index (χ1v) is 6.92. The molecule has 2 atom stereocenters. The molecule has 6 heteroatoms. The van der Waals surface area contributed by atoms with Crippen LogP contribution in [0.15, 0.2) is 18.2 Å². The minimum absolute atomic E-state index is 0. The number of ether oxygens (including phenoxy) is 2. The molecule has 1 fully saturated rings. The van der Waals surface area contributed by atoms with Crippen molar-refractivity contribution in [2.45, 2.75) is 31.7 Å². The molecule has 118 valence electrons. The quantitative estimate of drug-likeness (QED) is 0.896. The smallest absolute Gasteiger partial charge is 0.227 e. The molecule has 0 heterocycles. The lowest BCUT2D eigenvalue weighted by molar-refractivity contribution is -0.120. The molecule has 0 radical (unpaired) electrons. The molecule has 1 amide bonds. The van der Waals surface area contributed by atoms with Gasteiger partial charge in [0.25, 0.3) is 0 Å². The van der Waals surface area contributed by atoms with Crippen molar-refractivity contribution in [1.29, 1.82) is 0 Å². The number of carbonyl (C=O) groups is 1. The van der Waals surface area contributed by atoms with Gasteiger partial charge in [-0.05, 0) is 31.4 Å². The number of nitrogens with two attached hydrogens (primary N) is 1. The van der Waals surface area contributed by atoms with E-state index in [0.29, 0.717) is 17.2 Å². The fourth-order valence-electron chi connectivity index (χ4n) is 2.61. The molecule has 1 aliphatic rings. The van der Waals surface area contributed by atoms with E-state index < -0.39 is 0 Å². The summed E-state index contributed by atoms with van der Waals surface area (Å²) in [7, 11) is 3.17. The van der Waals surface area contributed by atoms with Gasteiger partial charge in [-0.15, -0.1) is 12.4 Å². The summed E-state index contributed by atoms with van der Waals surface area (Å²) in [4.78, 5) is 12.3. The number of anilines is 1. The summed E-state index contributed by atoms with van der Waals surface area (Å²) >= 11 is 0. The number of methoxy groups -OCH3 is 2. The average molecular weight is 315 g/mol. The zero-order valence-electron chi connectivity index (χ0n) is 12.4. The topological polar surface area (TPSA) is 73.6 Å². The fraction of sp³-hybridized carbons (Fsp3) is 0.533. The summed E-state index contributed by atoms with van der Waals surface area (Å²) in [6.07, 6.45) is 3.66. The van der Waals surface area contributed by atoms with Gasteiger partial charge in [0, 0.05) is 18.0 Å². The van der Waals surface area contributed by atoms with Crippen LogP contribution in [0.5, 0.6) is 11.5 Å². The maximum absolute atomic E-state index is 12.3. The number of hydrogen-bond acceptors (Lipinski definition) is 4. The highest BCUT2D eigenvalue weighted by Gasteiger charge is 2.26. The van der Waals surface area contributed by atoms with Gasteiger partial charge in [0.2, 0.25) is 5.91 Å². The molecule has 2 rings (SSSR count). The number of amides is 1. The number of hydrogen-bond donors (Lipinski definition) is 2. The predicted octanol–water partition coefficient (Wildman–Crippen LogP) is 2.58. The molecule has 21 heavy (non-hydrogen) atoms. The van der Waals surface area contributed by atoms with Crippen LogP contribution in [-0.4, -0.2) is 26.2 Å². The third-order valence-corrected chi connectivity index (χ3v) is 3.75. The highest BCUT2D eigenvalue weighted by molar-refractivity contribution is 5.94. The monoisotopic (exact) mass is 314 g/mol. The van der Waals surface area contributed by atoms with Crippen molar-refractivity contribution < 1.29 is 14.3 Å². The second-order valence-corrected chi connectivity index (χ2v) is 5.18. The first-order valence-electron chi connectivity index (χ1n) is 6.92. The molecule has 5 nitrogen and oxygen atoms in total. The number of benzene rings is 1. The summed E-state index contributed by atoms with van der Waals surface area (Å²) in [6, 6.07) is 5.47. The molecule has 0 aliphatic heterocycles. The van der Waals surface area contributed by atoms with Gasteiger partial charge in [-0.25, -0.2) is 0 Å². The second-order valence-electron chi connectivity index (χ2n) is 5.18. The van der Waals surface area contributed by atoms with E-state index in [9.17, 15) is 4.79 Å². The zero-order valence-corrected chi connectivity index (χ0v) is 13.2. The lowest BCUT2D eigenvalue weighted by atomic mass is 9.85. The van der Waals surface area contributed by atoms with E-state index in [4.69, 9.17) is 15.2 Å². The molecule has 2 unspecified atom stereocenters. The Hall–Kier alpha value is -1.46. The summed E-state index contributed by atoms with van der Waals surface area (Å²) in [6.45, 7) is 0. The number of nitrogens with one attached hydrogen (secondary N) is 1. The molecular weight excluding hydrogens is 292 g/mol. The third kappa shape index (κ3) is 4.51. The van der Waals surface area contributed by atoms with Gasteiger partial charge in [-0.2, -0.15) is 0 Å². The van der Waals surface area contributed by atoms with Crippen LogP contribution in [-0.2, 0) is 4.79 Å². The van der Waals surface area contributed by atoms with Gasteiger partial charge in [0.1, 0.15) is 11.5 Å². The highest BCUT2D eigenvalue weighted by Crippen LogP contribution is 2.31. The van der Waals surface area contributed by atoms with Crippen LogP contribution in [0.1, 0.15) is 25.7 Å². The molecule has 1 aromatic carbocycles. The van der Waals surface area contributed by atoms with E-state index in [-0.39, 0.29) is 30.3 Å². The van der Waals surface area contributed by atoms with Crippen molar-refractivity contribution in [3.63, 3.8) is 0 Å². The lowest BCUT2D eigenvalue weighted by Gasteiger charge is -2.26. The Morgan fingerprint density at radius 2 is 2.05 bits per heavy atom. The molecule has 1 saturated carbocycles. The molecular formula is C15H23ClN2O3.